The van der Waals surface area contributed by atoms with Crippen LogP contribution in [0, 0.1) is 0 Å². The highest BCUT2D eigenvalue weighted by molar-refractivity contribution is 6.30. The monoisotopic (exact) mass is 358 g/mol. The number of halogens is 1. The molecule has 0 fully saturated rings. The zero-order valence-electron chi connectivity index (χ0n) is 14.5. The largest absolute Gasteiger partial charge is 0.354 e. The highest BCUT2D eigenvalue weighted by Crippen LogP contribution is 2.24. The molecule has 0 saturated carbocycles. The molecule has 0 spiro atoms. The highest BCUT2D eigenvalue weighted by Gasteiger charge is 2.29. The lowest BCUT2D eigenvalue weighted by Crippen LogP contribution is -2.42. The van der Waals surface area contributed by atoms with E-state index in [1.165, 1.54) is 6.92 Å². The molecule has 0 bridgehead atoms. The first kappa shape index (κ1) is 19.0. The van der Waals surface area contributed by atoms with Crippen molar-refractivity contribution in [3.63, 3.8) is 0 Å². The molecule has 0 radical (unpaired) electrons. The third kappa shape index (κ3) is 5.33. The molecule has 4 nitrogen and oxygen atoms in total. The predicted octanol–water partition coefficient (Wildman–Crippen LogP) is 3.96. The molecule has 2 aromatic rings. The van der Waals surface area contributed by atoms with E-state index in [2.05, 4.69) is 5.32 Å². The maximum atomic E-state index is 12.8. The van der Waals surface area contributed by atoms with Gasteiger partial charge >= 0.3 is 0 Å². The number of carbonyl (C=O) groups excluding carboxylic acids is 2. The van der Waals surface area contributed by atoms with Crippen molar-refractivity contribution < 1.29 is 9.59 Å². The molecule has 0 aliphatic heterocycles. The van der Waals surface area contributed by atoms with Gasteiger partial charge in [-0.05, 0) is 29.7 Å². The molecule has 1 atom stereocenters. The Balaban J connectivity index is 2.34. The molecule has 0 aromatic heterocycles. The van der Waals surface area contributed by atoms with Gasteiger partial charge in [-0.2, -0.15) is 0 Å². The van der Waals surface area contributed by atoms with E-state index in [1.807, 2.05) is 49.4 Å². The highest BCUT2D eigenvalue weighted by atomic mass is 35.5. The number of nitrogens with one attached hydrogen (secondary N) is 1. The molecule has 2 rings (SSSR count). The fourth-order valence-corrected chi connectivity index (χ4v) is 2.75. The van der Waals surface area contributed by atoms with Gasteiger partial charge in [0, 0.05) is 25.0 Å². The smallest absolute Gasteiger partial charge is 0.247 e. The maximum absolute atomic E-state index is 12.8. The molecular formula is C20H23ClN2O2. The summed E-state index contributed by atoms with van der Waals surface area (Å²) in [6, 6.07) is 16.0. The summed E-state index contributed by atoms with van der Waals surface area (Å²) in [6.07, 6.45) is 0.838. The summed E-state index contributed by atoms with van der Waals surface area (Å²) in [7, 11) is 0. The first-order valence-electron chi connectivity index (χ1n) is 8.37. The molecule has 1 N–H and O–H groups in total. The van der Waals surface area contributed by atoms with E-state index in [-0.39, 0.29) is 11.8 Å². The van der Waals surface area contributed by atoms with Crippen LogP contribution >= 0.6 is 11.6 Å². The Labute approximate surface area is 153 Å². The second kappa shape index (κ2) is 9.23. The van der Waals surface area contributed by atoms with Gasteiger partial charge in [-0.25, -0.2) is 0 Å². The molecule has 2 amide bonds. The molecule has 132 valence electrons. The molecule has 0 saturated heterocycles. The SMILES string of the molecule is CCCNC(=O)C(c1ccccc1)N(Cc1ccc(Cl)cc1)C(C)=O. The Kier molecular flexibility index (Phi) is 7.02. The quantitative estimate of drug-likeness (QED) is 0.814. The van der Waals surface area contributed by atoms with Gasteiger partial charge in [-0.3, -0.25) is 9.59 Å². The Morgan fingerprint density at radius 1 is 1.08 bits per heavy atom. The van der Waals surface area contributed by atoms with Crippen LogP contribution in [0.15, 0.2) is 54.6 Å². The molecule has 2 aromatic carbocycles. The van der Waals surface area contributed by atoms with Crippen molar-refractivity contribution in [2.24, 2.45) is 0 Å². The van der Waals surface area contributed by atoms with Crippen LogP contribution in [0.5, 0.6) is 0 Å². The van der Waals surface area contributed by atoms with E-state index in [0.717, 1.165) is 17.5 Å². The van der Waals surface area contributed by atoms with E-state index in [9.17, 15) is 9.59 Å². The summed E-state index contributed by atoms with van der Waals surface area (Å²) in [6.45, 7) is 4.40. The zero-order chi connectivity index (χ0) is 18.2. The minimum Gasteiger partial charge on any atom is -0.354 e. The minimum absolute atomic E-state index is 0.157. The Hall–Kier alpha value is -2.33. The van der Waals surface area contributed by atoms with Gasteiger partial charge in [0.1, 0.15) is 6.04 Å². The van der Waals surface area contributed by atoms with E-state index in [1.54, 1.807) is 17.0 Å². The van der Waals surface area contributed by atoms with Crippen LogP contribution in [0.4, 0.5) is 0 Å². The van der Waals surface area contributed by atoms with Gasteiger partial charge in [-0.1, -0.05) is 61.0 Å². The van der Waals surface area contributed by atoms with Crippen LogP contribution in [0.3, 0.4) is 0 Å². The number of carbonyl (C=O) groups is 2. The topological polar surface area (TPSA) is 49.4 Å². The van der Waals surface area contributed by atoms with Crippen LogP contribution < -0.4 is 5.32 Å². The number of hydrogen-bond acceptors (Lipinski definition) is 2. The van der Waals surface area contributed by atoms with E-state index in [0.29, 0.717) is 18.1 Å². The fraction of sp³-hybridized carbons (Fsp3) is 0.300. The van der Waals surface area contributed by atoms with Crippen molar-refractivity contribution in [3.8, 4) is 0 Å². The number of rotatable bonds is 7. The van der Waals surface area contributed by atoms with Crippen LogP contribution in [-0.4, -0.2) is 23.3 Å². The summed E-state index contributed by atoms with van der Waals surface area (Å²) >= 11 is 5.93. The van der Waals surface area contributed by atoms with Crippen molar-refractivity contribution in [2.75, 3.05) is 6.54 Å². The Morgan fingerprint density at radius 2 is 1.72 bits per heavy atom. The third-order valence-electron chi connectivity index (χ3n) is 3.90. The van der Waals surface area contributed by atoms with E-state index in [4.69, 9.17) is 11.6 Å². The lowest BCUT2D eigenvalue weighted by molar-refractivity contribution is -0.140. The predicted molar refractivity (Wildman–Crippen MR) is 100 cm³/mol. The van der Waals surface area contributed by atoms with Crippen molar-refractivity contribution >= 4 is 23.4 Å². The van der Waals surface area contributed by atoms with Crippen LogP contribution in [0.25, 0.3) is 0 Å². The van der Waals surface area contributed by atoms with Gasteiger partial charge in [0.15, 0.2) is 0 Å². The van der Waals surface area contributed by atoms with Gasteiger partial charge in [0.2, 0.25) is 11.8 Å². The standard InChI is InChI=1S/C20H23ClN2O2/c1-3-13-22-20(25)19(17-7-5-4-6-8-17)23(15(2)24)14-16-9-11-18(21)12-10-16/h4-12,19H,3,13-14H2,1-2H3,(H,22,25). The number of hydrogen-bond donors (Lipinski definition) is 1. The molecule has 0 heterocycles. The van der Waals surface area contributed by atoms with Gasteiger partial charge in [0.05, 0.1) is 0 Å². The number of amides is 2. The van der Waals surface area contributed by atoms with Crippen LogP contribution in [0.1, 0.15) is 37.4 Å². The van der Waals surface area contributed by atoms with Crippen LogP contribution in [-0.2, 0) is 16.1 Å². The lowest BCUT2D eigenvalue weighted by Gasteiger charge is -2.30. The summed E-state index contributed by atoms with van der Waals surface area (Å²) in [4.78, 5) is 26.7. The molecular weight excluding hydrogens is 336 g/mol. The average Bonchev–Trinajstić information content (AvgIpc) is 2.62. The molecule has 25 heavy (non-hydrogen) atoms. The van der Waals surface area contributed by atoms with Crippen molar-refractivity contribution in [2.45, 2.75) is 32.9 Å². The van der Waals surface area contributed by atoms with Crippen molar-refractivity contribution in [1.82, 2.24) is 10.2 Å². The lowest BCUT2D eigenvalue weighted by atomic mass is 10.0. The van der Waals surface area contributed by atoms with E-state index >= 15 is 0 Å². The maximum Gasteiger partial charge on any atom is 0.247 e. The van der Waals surface area contributed by atoms with Crippen molar-refractivity contribution in [1.29, 1.82) is 0 Å². The van der Waals surface area contributed by atoms with Gasteiger partial charge in [-0.15, -0.1) is 0 Å². The Morgan fingerprint density at radius 3 is 2.28 bits per heavy atom. The molecule has 5 heteroatoms. The van der Waals surface area contributed by atoms with E-state index < -0.39 is 6.04 Å². The molecule has 0 aliphatic rings. The van der Waals surface area contributed by atoms with Gasteiger partial charge in [0.25, 0.3) is 0 Å². The normalized spacial score (nSPS) is 11.6. The van der Waals surface area contributed by atoms with Gasteiger partial charge < -0.3 is 10.2 Å². The second-order valence-electron chi connectivity index (χ2n) is 5.88. The van der Waals surface area contributed by atoms with Crippen LogP contribution in [0.2, 0.25) is 5.02 Å². The first-order chi connectivity index (χ1) is 12.0. The number of benzene rings is 2. The summed E-state index contributed by atoms with van der Waals surface area (Å²) < 4.78 is 0. The minimum atomic E-state index is -0.666. The summed E-state index contributed by atoms with van der Waals surface area (Å²) in [5.41, 5.74) is 1.71. The zero-order valence-corrected chi connectivity index (χ0v) is 15.3. The number of nitrogens with zero attached hydrogens (tertiary/aromatic N) is 1. The fourth-order valence-electron chi connectivity index (χ4n) is 2.62. The molecule has 0 aliphatic carbocycles. The first-order valence-corrected chi connectivity index (χ1v) is 8.75. The summed E-state index contributed by atoms with van der Waals surface area (Å²) in [5, 5.41) is 3.54. The summed E-state index contributed by atoms with van der Waals surface area (Å²) in [5.74, 6) is -0.326. The third-order valence-corrected chi connectivity index (χ3v) is 4.15. The average molecular weight is 359 g/mol. The second-order valence-corrected chi connectivity index (χ2v) is 6.31. The Bertz CT molecular complexity index is 701. The molecule has 1 unspecified atom stereocenters. The van der Waals surface area contributed by atoms with Crippen molar-refractivity contribution in [3.05, 3.63) is 70.7 Å².